The minimum absolute atomic E-state index is 0.289. The van der Waals surface area contributed by atoms with Crippen LogP contribution in [-0.2, 0) is 0 Å². The summed E-state index contributed by atoms with van der Waals surface area (Å²) in [5.74, 6) is 0. The lowest BCUT2D eigenvalue weighted by Gasteiger charge is -2.16. The molecule has 1 unspecified atom stereocenters. The normalized spacial score (nSPS) is 12.6. The van der Waals surface area contributed by atoms with Crippen molar-refractivity contribution in [3.8, 4) is 16.9 Å². The van der Waals surface area contributed by atoms with E-state index in [0.717, 1.165) is 43.7 Å². The van der Waals surface area contributed by atoms with E-state index < -0.39 is 0 Å². The molecule has 1 atom stereocenters. The van der Waals surface area contributed by atoms with Crippen LogP contribution in [0.3, 0.4) is 0 Å². The minimum Gasteiger partial charge on any atom is -0.618 e. The molecule has 0 amide bonds. The number of H-pyrrole nitrogens is 1. The summed E-state index contributed by atoms with van der Waals surface area (Å²) in [4.78, 5) is 0. The summed E-state index contributed by atoms with van der Waals surface area (Å²) in [5.41, 5.74) is 6.27. The molecule has 0 aliphatic carbocycles. The van der Waals surface area contributed by atoms with Crippen LogP contribution in [-0.4, -0.2) is 35.0 Å². The number of aromatic amines is 1. The van der Waals surface area contributed by atoms with Crippen molar-refractivity contribution in [2.75, 3.05) is 0 Å². The number of nitrogens with one attached hydrogen (secondary N) is 1. The molecule has 4 aromatic heterocycles. The molecule has 0 radical (unpaired) electrons. The Morgan fingerprint density at radius 2 is 2.00 bits per heavy atom. The van der Waals surface area contributed by atoms with Crippen molar-refractivity contribution < 1.29 is 4.73 Å². The molecule has 0 aliphatic heterocycles. The molecule has 0 saturated carbocycles. The van der Waals surface area contributed by atoms with Gasteiger partial charge in [0.1, 0.15) is 11.6 Å². The van der Waals surface area contributed by atoms with Crippen molar-refractivity contribution >= 4 is 33.5 Å². The third kappa shape index (κ3) is 3.20. The molecule has 6 rings (SSSR count). The molecule has 4 heterocycles. The van der Waals surface area contributed by atoms with E-state index in [2.05, 4.69) is 25.6 Å². The van der Waals surface area contributed by atoms with Crippen molar-refractivity contribution in [2.24, 2.45) is 0 Å². The van der Waals surface area contributed by atoms with Crippen LogP contribution in [0.4, 0.5) is 0 Å². The zero-order valence-electron chi connectivity index (χ0n) is 18.3. The quantitative estimate of drug-likeness (QED) is 0.304. The first-order valence-electron chi connectivity index (χ1n) is 10.7. The van der Waals surface area contributed by atoms with E-state index >= 15 is 0 Å². The average molecular weight is 471 g/mol. The highest BCUT2D eigenvalue weighted by molar-refractivity contribution is 6.35. The van der Waals surface area contributed by atoms with Gasteiger partial charge in [-0.15, -0.1) is 5.10 Å². The fourth-order valence-electron chi connectivity index (χ4n) is 4.27. The van der Waals surface area contributed by atoms with Gasteiger partial charge < -0.3 is 5.21 Å². The Labute approximate surface area is 198 Å². The molecule has 0 fully saturated rings. The van der Waals surface area contributed by atoms with Gasteiger partial charge in [-0.05, 0) is 56.3 Å². The van der Waals surface area contributed by atoms with E-state index in [1.807, 2.05) is 67.1 Å². The van der Waals surface area contributed by atoms with Gasteiger partial charge in [0, 0.05) is 28.8 Å². The Morgan fingerprint density at radius 1 is 1.12 bits per heavy atom. The second-order valence-corrected chi connectivity index (χ2v) is 8.67. The molecule has 34 heavy (non-hydrogen) atoms. The number of rotatable bonds is 4. The van der Waals surface area contributed by atoms with Gasteiger partial charge in [-0.2, -0.15) is 14.9 Å². The van der Waals surface area contributed by atoms with Gasteiger partial charge in [0.05, 0.1) is 33.6 Å². The fraction of sp³-hybridized carbons (Fsp3) is 0.125. The monoisotopic (exact) mass is 470 g/mol. The highest BCUT2D eigenvalue weighted by Gasteiger charge is 2.22. The SMILES string of the molecule is Cc1ccc(C(C)n2nccc2-c2cc(Cl)c3nnn(-c4ccc5cn[nH]c5c4)c3c2)[n+]([O-])c1. The van der Waals surface area contributed by atoms with Gasteiger partial charge >= 0.3 is 0 Å². The highest BCUT2D eigenvalue weighted by atomic mass is 35.5. The van der Waals surface area contributed by atoms with Crippen molar-refractivity contribution in [1.82, 2.24) is 35.0 Å². The number of hydrogen-bond acceptors (Lipinski definition) is 5. The lowest BCUT2D eigenvalue weighted by molar-refractivity contribution is -0.616. The molecule has 0 aliphatic rings. The van der Waals surface area contributed by atoms with Crippen molar-refractivity contribution in [3.63, 3.8) is 0 Å². The number of fused-ring (bicyclic) bond motifs is 2. The van der Waals surface area contributed by atoms with Crippen LogP contribution < -0.4 is 4.73 Å². The Hall–Kier alpha value is -4.24. The molecule has 10 heteroatoms. The van der Waals surface area contributed by atoms with Crippen molar-refractivity contribution in [2.45, 2.75) is 19.9 Å². The predicted molar refractivity (Wildman–Crippen MR) is 129 cm³/mol. The Bertz CT molecular complexity index is 1680. The summed E-state index contributed by atoms with van der Waals surface area (Å²) in [6, 6.07) is 15.1. The maximum absolute atomic E-state index is 12.5. The summed E-state index contributed by atoms with van der Waals surface area (Å²) in [5, 5.41) is 34.2. The van der Waals surface area contributed by atoms with E-state index in [9.17, 15) is 5.21 Å². The van der Waals surface area contributed by atoms with E-state index in [1.54, 1.807) is 23.3 Å². The topological polar surface area (TPSA) is 104 Å². The number of nitrogens with zero attached hydrogens (tertiary/aromatic N) is 7. The van der Waals surface area contributed by atoms with Crippen LogP contribution in [0.15, 0.2) is 67.1 Å². The van der Waals surface area contributed by atoms with Crippen LogP contribution >= 0.6 is 11.6 Å². The van der Waals surface area contributed by atoms with E-state index in [0.29, 0.717) is 16.2 Å². The second-order valence-electron chi connectivity index (χ2n) is 8.26. The Balaban J connectivity index is 1.48. The number of aryl methyl sites for hydroxylation is 1. The summed E-state index contributed by atoms with van der Waals surface area (Å²) < 4.78 is 4.47. The number of benzene rings is 2. The first-order valence-corrected chi connectivity index (χ1v) is 11.1. The van der Waals surface area contributed by atoms with Crippen molar-refractivity contribution in [1.29, 1.82) is 0 Å². The molecule has 168 valence electrons. The molecular formula is C24H19ClN8O. The van der Waals surface area contributed by atoms with Crippen molar-refractivity contribution in [3.05, 3.63) is 88.6 Å². The Morgan fingerprint density at radius 3 is 2.85 bits per heavy atom. The maximum atomic E-state index is 12.5. The maximum Gasteiger partial charge on any atom is 0.217 e. The number of aromatic nitrogens is 8. The van der Waals surface area contributed by atoms with Crippen LogP contribution in [0.2, 0.25) is 5.02 Å². The summed E-state index contributed by atoms with van der Waals surface area (Å²) >= 11 is 6.63. The summed E-state index contributed by atoms with van der Waals surface area (Å²) in [6.45, 7) is 3.84. The first-order chi connectivity index (χ1) is 16.5. The second kappa shape index (κ2) is 7.67. The van der Waals surface area contributed by atoms with E-state index in [-0.39, 0.29) is 6.04 Å². The Kier molecular flexibility index (Phi) is 4.59. The number of halogens is 1. The predicted octanol–water partition coefficient (Wildman–Crippen LogP) is 4.36. The standard InChI is InChI=1S/C24H19ClN8O/c1-14-3-6-21(31(34)13-14)15(2)32-22(7-8-27-32)17-9-19(25)24-23(10-17)33(30-29-24)18-5-4-16-12-26-28-20(16)11-18/h3-13,15H,1-2H3,(H,26,28). The molecular weight excluding hydrogens is 452 g/mol. The van der Waals surface area contributed by atoms with Crippen LogP contribution in [0.25, 0.3) is 38.9 Å². The number of hydrogen-bond donors (Lipinski definition) is 1. The lowest BCUT2D eigenvalue weighted by atomic mass is 10.1. The lowest BCUT2D eigenvalue weighted by Crippen LogP contribution is -2.34. The van der Waals surface area contributed by atoms with Gasteiger partial charge in [-0.3, -0.25) is 9.78 Å². The largest absolute Gasteiger partial charge is 0.618 e. The summed E-state index contributed by atoms with van der Waals surface area (Å²) in [7, 11) is 0. The van der Waals surface area contributed by atoms with Gasteiger partial charge in [-0.1, -0.05) is 16.8 Å². The third-order valence-electron chi connectivity index (χ3n) is 6.03. The highest BCUT2D eigenvalue weighted by Crippen LogP contribution is 2.32. The summed E-state index contributed by atoms with van der Waals surface area (Å²) in [6.07, 6.45) is 5.06. The molecule has 0 bridgehead atoms. The zero-order valence-corrected chi connectivity index (χ0v) is 19.1. The number of pyridine rings is 1. The van der Waals surface area contributed by atoms with E-state index in [4.69, 9.17) is 11.6 Å². The molecule has 1 N–H and O–H groups in total. The van der Waals surface area contributed by atoms with Gasteiger partial charge in [0.25, 0.3) is 0 Å². The van der Waals surface area contributed by atoms with Gasteiger partial charge in [0.2, 0.25) is 5.69 Å². The van der Waals surface area contributed by atoms with Crippen LogP contribution in [0, 0.1) is 12.1 Å². The van der Waals surface area contributed by atoms with Crippen LogP contribution in [0.5, 0.6) is 0 Å². The fourth-order valence-corrected chi connectivity index (χ4v) is 4.52. The molecule has 9 nitrogen and oxygen atoms in total. The molecule has 6 aromatic rings. The smallest absolute Gasteiger partial charge is 0.217 e. The minimum atomic E-state index is -0.289. The third-order valence-corrected chi connectivity index (χ3v) is 6.32. The van der Waals surface area contributed by atoms with Gasteiger partial charge in [-0.25, -0.2) is 4.68 Å². The van der Waals surface area contributed by atoms with Crippen LogP contribution in [0.1, 0.15) is 24.2 Å². The molecule has 2 aromatic carbocycles. The van der Waals surface area contributed by atoms with E-state index in [1.165, 1.54) is 0 Å². The molecule has 0 saturated heterocycles. The molecule has 0 spiro atoms. The first kappa shape index (κ1) is 20.4. The zero-order chi connectivity index (χ0) is 23.4. The average Bonchev–Trinajstić information content (AvgIpc) is 3.57. The van der Waals surface area contributed by atoms with Gasteiger partial charge in [0.15, 0.2) is 6.20 Å².